The lowest BCUT2D eigenvalue weighted by molar-refractivity contribution is 1.56. The molecule has 0 radical (unpaired) electrons. The number of fused-ring (bicyclic) bond motifs is 7. The molecule has 0 amide bonds. The van der Waals surface area contributed by atoms with Crippen molar-refractivity contribution >= 4 is 76.9 Å². The molecule has 1 nitrogen and oxygen atoms in total. The van der Waals surface area contributed by atoms with E-state index in [1.807, 2.05) is 17.4 Å². The van der Waals surface area contributed by atoms with Gasteiger partial charge in [-0.3, -0.25) is 0 Å². The van der Waals surface area contributed by atoms with Gasteiger partial charge in [0.2, 0.25) is 0 Å². The van der Waals surface area contributed by atoms with Crippen molar-refractivity contribution in [1.82, 2.24) is 4.98 Å². The highest BCUT2D eigenvalue weighted by Crippen LogP contribution is 2.40. The van der Waals surface area contributed by atoms with Gasteiger partial charge in [0.15, 0.2) is 0 Å². The smallest absolute Gasteiger partial charge is 0.0471 e. The summed E-state index contributed by atoms with van der Waals surface area (Å²) in [6, 6.07) is 22.3. The van der Waals surface area contributed by atoms with E-state index >= 15 is 0 Å². The molecule has 2 heterocycles. The molecule has 1 N–H and O–H groups in total. The molecule has 0 fully saturated rings. The number of nitrogens with one attached hydrogen (secondary N) is 1. The predicted molar refractivity (Wildman–Crippen MR) is 131 cm³/mol. The Bertz CT molecular complexity index is 1630. The molecule has 0 unspecified atom stereocenters. The molecule has 0 aliphatic carbocycles. The summed E-state index contributed by atoms with van der Waals surface area (Å²) in [5.41, 5.74) is 3.66. The second-order valence-corrected chi connectivity index (χ2v) is 8.57. The Morgan fingerprint density at radius 3 is 2.28 bits per heavy atom. The van der Waals surface area contributed by atoms with E-state index in [4.69, 9.17) is 0 Å². The van der Waals surface area contributed by atoms with Gasteiger partial charge in [-0.1, -0.05) is 61.2 Å². The lowest BCUT2D eigenvalue weighted by Crippen LogP contribution is -1.77. The SMILES string of the molecule is C=Cc1sc2c(ccc3cc4[nH]c5cc6ccccc6cc5c4cc32)c1/C=C\C. The average molecular weight is 390 g/mol. The Morgan fingerprint density at radius 2 is 1.52 bits per heavy atom. The van der Waals surface area contributed by atoms with E-state index in [1.165, 1.54) is 63.9 Å². The first-order chi connectivity index (χ1) is 14.3. The Labute approximate surface area is 172 Å². The van der Waals surface area contributed by atoms with Crippen molar-refractivity contribution in [3.8, 4) is 0 Å². The number of hydrogen-bond donors (Lipinski definition) is 1. The van der Waals surface area contributed by atoms with Crippen molar-refractivity contribution in [1.29, 1.82) is 0 Å². The first kappa shape index (κ1) is 16.6. The van der Waals surface area contributed by atoms with Crippen molar-refractivity contribution in [2.45, 2.75) is 6.92 Å². The number of aromatic nitrogens is 1. The zero-order valence-electron chi connectivity index (χ0n) is 16.1. The minimum absolute atomic E-state index is 1.19. The number of aromatic amines is 1. The van der Waals surface area contributed by atoms with Gasteiger partial charge >= 0.3 is 0 Å². The van der Waals surface area contributed by atoms with Crippen LogP contribution in [0.15, 0.2) is 73.3 Å². The molecule has 0 aliphatic heterocycles. The molecule has 6 aromatic rings. The van der Waals surface area contributed by atoms with Crippen LogP contribution in [-0.2, 0) is 0 Å². The standard InChI is InChI=1S/C27H19NS/c1-3-7-19-20-11-10-18-14-25-23(15-21(18)27(20)29-26(19)4-2)22-12-16-8-5-6-9-17(16)13-24(22)28-25/h3-15,28H,2H2,1H3/b7-3-. The summed E-state index contributed by atoms with van der Waals surface area (Å²) >= 11 is 1.83. The molecule has 29 heavy (non-hydrogen) atoms. The predicted octanol–water partition coefficient (Wildman–Crippen LogP) is 8.52. The number of hydrogen-bond acceptors (Lipinski definition) is 1. The normalized spacial score (nSPS) is 12.3. The Balaban J connectivity index is 1.76. The average Bonchev–Trinajstić information content (AvgIpc) is 3.28. The molecule has 138 valence electrons. The third-order valence-corrected chi connectivity index (χ3v) is 7.09. The van der Waals surface area contributed by atoms with Gasteiger partial charge in [0, 0.05) is 42.2 Å². The molecule has 0 atom stereocenters. The fourth-order valence-electron chi connectivity index (χ4n) is 4.49. The number of H-pyrrole nitrogens is 1. The monoisotopic (exact) mass is 389 g/mol. The first-order valence-corrected chi connectivity index (χ1v) is 10.7. The number of thiophene rings is 1. The van der Waals surface area contributed by atoms with Crippen molar-refractivity contribution in [3.63, 3.8) is 0 Å². The lowest BCUT2D eigenvalue weighted by atomic mass is 10.0. The van der Waals surface area contributed by atoms with Gasteiger partial charge in [-0.2, -0.15) is 0 Å². The van der Waals surface area contributed by atoms with Gasteiger partial charge in [0.25, 0.3) is 0 Å². The third-order valence-electron chi connectivity index (χ3n) is 5.84. The van der Waals surface area contributed by atoms with Gasteiger partial charge in [-0.25, -0.2) is 0 Å². The van der Waals surface area contributed by atoms with E-state index in [9.17, 15) is 0 Å². The Hall–Kier alpha value is -3.36. The summed E-state index contributed by atoms with van der Waals surface area (Å²) in [5.74, 6) is 0. The molecule has 0 saturated heterocycles. The van der Waals surface area contributed by atoms with Crippen LogP contribution < -0.4 is 0 Å². The van der Waals surface area contributed by atoms with Crippen LogP contribution >= 0.6 is 11.3 Å². The molecular formula is C27H19NS. The quantitative estimate of drug-likeness (QED) is 0.305. The molecule has 4 aromatic carbocycles. The van der Waals surface area contributed by atoms with Crippen LogP contribution in [0.2, 0.25) is 0 Å². The van der Waals surface area contributed by atoms with E-state index < -0.39 is 0 Å². The van der Waals surface area contributed by atoms with Gasteiger partial charge in [-0.15, -0.1) is 11.3 Å². The molecule has 2 aromatic heterocycles. The van der Waals surface area contributed by atoms with Crippen LogP contribution in [0.4, 0.5) is 0 Å². The van der Waals surface area contributed by atoms with E-state index in [1.54, 1.807) is 0 Å². The zero-order chi connectivity index (χ0) is 19.5. The van der Waals surface area contributed by atoms with Crippen molar-refractivity contribution in [2.24, 2.45) is 0 Å². The first-order valence-electron chi connectivity index (χ1n) is 9.85. The van der Waals surface area contributed by atoms with Crippen molar-refractivity contribution < 1.29 is 0 Å². The summed E-state index contributed by atoms with van der Waals surface area (Å²) in [5, 5.41) is 9.00. The second-order valence-electron chi connectivity index (χ2n) is 7.52. The van der Waals surface area contributed by atoms with E-state index in [0.29, 0.717) is 0 Å². The molecular weight excluding hydrogens is 370 g/mol. The number of benzene rings is 4. The number of allylic oxidation sites excluding steroid dienone is 1. The minimum atomic E-state index is 1.19. The number of rotatable bonds is 2. The fourth-order valence-corrected chi connectivity index (χ4v) is 5.66. The largest absolute Gasteiger partial charge is 0.354 e. The van der Waals surface area contributed by atoms with Crippen LogP contribution in [0.25, 0.3) is 65.6 Å². The Morgan fingerprint density at radius 1 is 0.793 bits per heavy atom. The summed E-state index contributed by atoms with van der Waals surface area (Å²) in [4.78, 5) is 4.87. The van der Waals surface area contributed by atoms with Crippen LogP contribution in [0.1, 0.15) is 17.4 Å². The topological polar surface area (TPSA) is 15.8 Å². The highest BCUT2D eigenvalue weighted by Gasteiger charge is 2.13. The summed E-state index contributed by atoms with van der Waals surface area (Å²) in [7, 11) is 0. The minimum Gasteiger partial charge on any atom is -0.354 e. The molecule has 0 spiro atoms. The highest BCUT2D eigenvalue weighted by atomic mass is 32.1. The van der Waals surface area contributed by atoms with E-state index in [-0.39, 0.29) is 0 Å². The maximum absolute atomic E-state index is 4.03. The van der Waals surface area contributed by atoms with Gasteiger partial charge in [0.05, 0.1) is 0 Å². The molecule has 0 aliphatic rings. The van der Waals surface area contributed by atoms with Gasteiger partial charge < -0.3 is 4.98 Å². The van der Waals surface area contributed by atoms with Crippen LogP contribution in [-0.4, -0.2) is 4.98 Å². The molecule has 0 saturated carbocycles. The van der Waals surface area contributed by atoms with Crippen LogP contribution in [0.5, 0.6) is 0 Å². The maximum Gasteiger partial charge on any atom is 0.0471 e. The molecule has 6 rings (SSSR count). The van der Waals surface area contributed by atoms with E-state index in [2.05, 4.69) is 91.3 Å². The summed E-state index contributed by atoms with van der Waals surface area (Å²) in [6.07, 6.45) is 6.27. The van der Waals surface area contributed by atoms with Crippen LogP contribution in [0.3, 0.4) is 0 Å². The molecule has 2 heteroatoms. The summed E-state index contributed by atoms with van der Waals surface area (Å²) in [6.45, 7) is 6.10. The van der Waals surface area contributed by atoms with Crippen LogP contribution in [0, 0.1) is 0 Å². The maximum atomic E-state index is 4.03. The highest BCUT2D eigenvalue weighted by molar-refractivity contribution is 7.21. The van der Waals surface area contributed by atoms with Gasteiger partial charge in [0.1, 0.15) is 0 Å². The van der Waals surface area contributed by atoms with Crippen molar-refractivity contribution in [3.05, 3.63) is 83.8 Å². The third kappa shape index (κ3) is 2.33. The Kier molecular flexibility index (Phi) is 3.47. The van der Waals surface area contributed by atoms with Gasteiger partial charge in [-0.05, 0) is 52.9 Å². The second kappa shape index (κ2) is 6.07. The van der Waals surface area contributed by atoms with Crippen molar-refractivity contribution in [2.75, 3.05) is 0 Å². The fraction of sp³-hybridized carbons (Fsp3) is 0.0370. The summed E-state index contributed by atoms with van der Waals surface area (Å²) < 4.78 is 1.34. The molecule has 0 bridgehead atoms. The van der Waals surface area contributed by atoms with E-state index in [0.717, 1.165) is 0 Å². The lowest BCUT2D eigenvalue weighted by Gasteiger charge is -2.02. The zero-order valence-corrected chi connectivity index (χ0v) is 16.9.